The highest BCUT2D eigenvalue weighted by molar-refractivity contribution is 7.85. The molecule has 4 aliphatic carbocycles. The maximum Gasteiger partial charge on any atom is 0.338 e. The monoisotopic (exact) mass is 466 g/mol. The molecule has 0 radical (unpaired) electrons. The number of halogens is 1. The highest BCUT2D eigenvalue weighted by Gasteiger charge is 2.64. The van der Waals surface area contributed by atoms with Crippen LogP contribution in [0.25, 0.3) is 0 Å². The SMILES string of the molecule is CC(C)(Oc1cc(C(=O)OCCS(=O)(=O)O)ccc1F)C1CC2CC1C1C3CCC(C3)C21. The molecule has 0 amide bonds. The van der Waals surface area contributed by atoms with E-state index in [2.05, 4.69) is 0 Å². The molecule has 0 heterocycles. The summed E-state index contributed by atoms with van der Waals surface area (Å²) in [5.41, 5.74) is -0.491. The van der Waals surface area contributed by atoms with Gasteiger partial charge in [0.05, 0.1) is 5.56 Å². The maximum atomic E-state index is 14.6. The van der Waals surface area contributed by atoms with E-state index in [1.807, 2.05) is 13.8 Å². The van der Waals surface area contributed by atoms with E-state index >= 15 is 0 Å². The van der Waals surface area contributed by atoms with Crippen LogP contribution in [0.5, 0.6) is 5.75 Å². The second-order valence-corrected chi connectivity index (χ2v) is 12.3. The van der Waals surface area contributed by atoms with Gasteiger partial charge < -0.3 is 9.47 Å². The van der Waals surface area contributed by atoms with Crippen LogP contribution < -0.4 is 4.74 Å². The number of hydrogen-bond donors (Lipinski definition) is 1. The van der Waals surface area contributed by atoms with Gasteiger partial charge in [0.15, 0.2) is 11.6 Å². The predicted octanol–water partition coefficient (Wildman–Crippen LogP) is 4.35. The molecule has 1 N–H and O–H groups in total. The Morgan fingerprint density at radius 3 is 2.56 bits per heavy atom. The van der Waals surface area contributed by atoms with Crippen LogP contribution in [0.15, 0.2) is 18.2 Å². The Hall–Kier alpha value is -1.67. The molecule has 176 valence electrons. The first kappa shape index (κ1) is 22.1. The highest BCUT2D eigenvalue weighted by atomic mass is 32.2. The first-order valence-electron chi connectivity index (χ1n) is 11.6. The van der Waals surface area contributed by atoms with Crippen molar-refractivity contribution in [1.82, 2.24) is 0 Å². The van der Waals surface area contributed by atoms with Crippen LogP contribution >= 0.6 is 0 Å². The molecule has 4 fully saturated rings. The highest BCUT2D eigenvalue weighted by Crippen LogP contribution is 2.70. The van der Waals surface area contributed by atoms with Gasteiger partial charge in [0.25, 0.3) is 10.1 Å². The molecule has 7 unspecified atom stereocenters. The molecule has 6 nitrogen and oxygen atoms in total. The van der Waals surface area contributed by atoms with Gasteiger partial charge in [0, 0.05) is 5.92 Å². The number of hydrogen-bond acceptors (Lipinski definition) is 5. The number of benzene rings is 1. The van der Waals surface area contributed by atoms with Crippen LogP contribution in [0.1, 0.15) is 56.3 Å². The molecule has 5 rings (SSSR count). The van der Waals surface area contributed by atoms with Crippen LogP contribution in [0, 0.1) is 47.2 Å². The second-order valence-electron chi connectivity index (χ2n) is 10.8. The lowest BCUT2D eigenvalue weighted by Gasteiger charge is -2.44. The van der Waals surface area contributed by atoms with Gasteiger partial charge in [-0.1, -0.05) is 0 Å². The number of rotatable bonds is 7. The van der Waals surface area contributed by atoms with E-state index in [0.29, 0.717) is 11.8 Å². The fourth-order valence-corrected chi connectivity index (χ4v) is 8.05. The zero-order chi connectivity index (χ0) is 22.8. The molecule has 1 aromatic carbocycles. The minimum Gasteiger partial charge on any atom is -0.484 e. The van der Waals surface area contributed by atoms with E-state index in [1.165, 1.54) is 37.8 Å². The fourth-order valence-electron chi connectivity index (χ4n) is 7.76. The van der Waals surface area contributed by atoms with Crippen molar-refractivity contribution in [3.8, 4) is 5.75 Å². The van der Waals surface area contributed by atoms with E-state index in [9.17, 15) is 17.6 Å². The predicted molar refractivity (Wildman–Crippen MR) is 115 cm³/mol. The summed E-state index contributed by atoms with van der Waals surface area (Å²) in [5, 5.41) is 0. The molecule has 0 aliphatic heterocycles. The zero-order valence-electron chi connectivity index (χ0n) is 18.5. The number of carbonyl (C=O) groups excluding carboxylic acids is 1. The molecular formula is C24H31FO6S. The van der Waals surface area contributed by atoms with E-state index in [-0.39, 0.29) is 11.3 Å². The Morgan fingerprint density at radius 2 is 1.84 bits per heavy atom. The minimum atomic E-state index is -4.23. The van der Waals surface area contributed by atoms with E-state index in [1.54, 1.807) is 0 Å². The number of esters is 1. The summed E-state index contributed by atoms with van der Waals surface area (Å²) in [7, 11) is -4.23. The van der Waals surface area contributed by atoms with E-state index in [4.69, 9.17) is 14.0 Å². The first-order valence-corrected chi connectivity index (χ1v) is 13.3. The molecule has 0 spiro atoms. The lowest BCUT2D eigenvalue weighted by molar-refractivity contribution is -0.0236. The largest absolute Gasteiger partial charge is 0.484 e. The lowest BCUT2D eigenvalue weighted by Crippen LogP contribution is -2.45. The van der Waals surface area contributed by atoms with Crippen molar-refractivity contribution in [2.24, 2.45) is 41.4 Å². The molecule has 8 heteroatoms. The quantitative estimate of drug-likeness (QED) is 0.365. The van der Waals surface area contributed by atoms with Crippen LogP contribution in [-0.2, 0) is 14.9 Å². The van der Waals surface area contributed by atoms with E-state index in [0.717, 1.165) is 42.1 Å². The Morgan fingerprint density at radius 1 is 1.12 bits per heavy atom. The summed E-state index contributed by atoms with van der Waals surface area (Å²) >= 11 is 0. The third-order valence-corrected chi connectivity index (χ3v) is 9.42. The Kier molecular flexibility index (Phi) is 5.32. The third kappa shape index (κ3) is 3.83. The van der Waals surface area contributed by atoms with Gasteiger partial charge in [-0.3, -0.25) is 4.55 Å². The first-order chi connectivity index (χ1) is 15.0. The Balaban J connectivity index is 1.28. The van der Waals surface area contributed by atoms with Gasteiger partial charge in [-0.15, -0.1) is 0 Å². The maximum absolute atomic E-state index is 14.6. The van der Waals surface area contributed by atoms with Crippen LogP contribution in [-0.4, -0.2) is 36.9 Å². The molecule has 1 aromatic rings. The Bertz CT molecular complexity index is 1020. The molecule has 0 aromatic heterocycles. The van der Waals surface area contributed by atoms with Crippen molar-refractivity contribution in [2.45, 2.75) is 51.6 Å². The zero-order valence-corrected chi connectivity index (χ0v) is 19.3. The van der Waals surface area contributed by atoms with Crippen molar-refractivity contribution >= 4 is 16.1 Å². The third-order valence-electron chi connectivity index (χ3n) is 8.74. The van der Waals surface area contributed by atoms with Crippen molar-refractivity contribution in [1.29, 1.82) is 0 Å². The van der Waals surface area contributed by atoms with Crippen molar-refractivity contribution in [3.05, 3.63) is 29.6 Å². The van der Waals surface area contributed by atoms with Crippen molar-refractivity contribution in [3.63, 3.8) is 0 Å². The molecular weight excluding hydrogens is 435 g/mol. The normalized spacial score (nSPS) is 35.2. The van der Waals surface area contributed by atoms with Crippen LogP contribution in [0.4, 0.5) is 4.39 Å². The average Bonchev–Trinajstić information content (AvgIpc) is 3.48. The lowest BCUT2D eigenvalue weighted by atomic mass is 9.64. The summed E-state index contributed by atoms with van der Waals surface area (Å²) in [5.74, 6) is 3.21. The standard InChI is InChI=1S/C24H31FO6S/c1-24(2,18-11-16-10-17(18)22-14-4-3-13(9-14)21(16)22)31-20-12-15(5-6-19(20)25)23(26)30-7-8-32(27,28)29/h5-6,12-14,16-18,21-22H,3-4,7-11H2,1-2H3,(H,27,28,29). The fraction of sp³-hybridized carbons (Fsp3) is 0.708. The number of fused-ring (bicyclic) bond motifs is 9. The van der Waals surface area contributed by atoms with Crippen LogP contribution in [0.3, 0.4) is 0 Å². The van der Waals surface area contributed by atoms with Gasteiger partial charge in [-0.2, -0.15) is 8.42 Å². The smallest absolute Gasteiger partial charge is 0.338 e. The molecule has 4 saturated carbocycles. The molecule has 32 heavy (non-hydrogen) atoms. The molecule has 0 saturated heterocycles. The Labute approximate surface area is 188 Å². The minimum absolute atomic E-state index is 0.00601. The van der Waals surface area contributed by atoms with E-state index < -0.39 is 39.9 Å². The molecule has 4 bridgehead atoms. The summed E-state index contributed by atoms with van der Waals surface area (Å²) in [4.78, 5) is 12.2. The van der Waals surface area contributed by atoms with Gasteiger partial charge in [-0.25, -0.2) is 9.18 Å². The molecule has 4 aliphatic rings. The van der Waals surface area contributed by atoms with Gasteiger partial charge in [0.1, 0.15) is 18.0 Å². The van der Waals surface area contributed by atoms with Crippen molar-refractivity contribution in [2.75, 3.05) is 12.4 Å². The summed E-state index contributed by atoms with van der Waals surface area (Å²) in [6, 6.07) is 3.76. The summed E-state index contributed by atoms with van der Waals surface area (Å²) in [6.45, 7) is 3.57. The van der Waals surface area contributed by atoms with Gasteiger partial charge in [-0.05, 0) is 99.7 Å². The van der Waals surface area contributed by atoms with Gasteiger partial charge in [0.2, 0.25) is 0 Å². The summed E-state index contributed by atoms with van der Waals surface area (Å²) in [6.07, 6.45) is 6.55. The topological polar surface area (TPSA) is 89.9 Å². The van der Waals surface area contributed by atoms with Crippen molar-refractivity contribution < 1.29 is 31.6 Å². The second kappa shape index (κ2) is 7.69. The van der Waals surface area contributed by atoms with Crippen LogP contribution in [0.2, 0.25) is 0 Å². The van der Waals surface area contributed by atoms with Gasteiger partial charge >= 0.3 is 5.97 Å². The summed E-state index contributed by atoms with van der Waals surface area (Å²) < 4.78 is 56.1. The number of ether oxygens (including phenoxy) is 2. The number of carbonyl (C=O) groups is 1. The average molecular weight is 467 g/mol. The molecule has 7 atom stereocenters.